The van der Waals surface area contributed by atoms with Crippen molar-refractivity contribution in [3.63, 3.8) is 0 Å². The van der Waals surface area contributed by atoms with Gasteiger partial charge >= 0.3 is 11.9 Å². The lowest BCUT2D eigenvalue weighted by Gasteiger charge is -2.58. The van der Waals surface area contributed by atoms with Crippen LogP contribution < -0.4 is 0 Å². The topological polar surface area (TPSA) is 52.6 Å². The highest BCUT2D eigenvalue weighted by atomic mass is 16.5. The van der Waals surface area contributed by atoms with Crippen LogP contribution in [-0.2, 0) is 19.1 Å². The molecular weight excluding hydrogens is 292 g/mol. The largest absolute Gasteiger partial charge is 0.462 e. The van der Waals surface area contributed by atoms with Crippen LogP contribution in [0.3, 0.4) is 0 Å². The van der Waals surface area contributed by atoms with Gasteiger partial charge in [-0.1, -0.05) is 20.8 Å². The zero-order valence-electron chi connectivity index (χ0n) is 15.1. The number of ether oxygens (including phenoxy) is 2. The van der Waals surface area contributed by atoms with Gasteiger partial charge in [-0.05, 0) is 49.9 Å². The molecule has 4 heteroatoms. The standard InChI is InChI=1S/C19H30O4/c1-12(20)22-15-7-9-19-11-18(15,5)8-6-14(19)17(3,4)10-16(19)23-13(2)21/h14-16H,6-11H2,1-5H3/t14-,15-,16+,18+,19-/m1/s1. The molecule has 0 saturated heterocycles. The van der Waals surface area contributed by atoms with Crippen molar-refractivity contribution in [2.24, 2.45) is 22.2 Å². The van der Waals surface area contributed by atoms with E-state index in [9.17, 15) is 9.59 Å². The molecule has 0 radical (unpaired) electrons. The Labute approximate surface area is 139 Å². The van der Waals surface area contributed by atoms with Gasteiger partial charge in [-0.3, -0.25) is 9.59 Å². The molecule has 0 N–H and O–H groups in total. The van der Waals surface area contributed by atoms with Gasteiger partial charge in [0.2, 0.25) is 0 Å². The molecule has 0 aromatic rings. The molecule has 0 aromatic carbocycles. The van der Waals surface area contributed by atoms with Gasteiger partial charge in [-0.25, -0.2) is 0 Å². The van der Waals surface area contributed by atoms with Crippen LogP contribution >= 0.6 is 0 Å². The van der Waals surface area contributed by atoms with E-state index >= 15 is 0 Å². The average molecular weight is 322 g/mol. The first-order chi connectivity index (χ1) is 10.6. The third kappa shape index (κ3) is 2.58. The Balaban J connectivity index is 1.92. The van der Waals surface area contributed by atoms with Crippen molar-refractivity contribution in [2.45, 2.75) is 85.4 Å². The van der Waals surface area contributed by atoms with Crippen molar-refractivity contribution in [3.8, 4) is 0 Å². The first-order valence-corrected chi connectivity index (χ1v) is 8.94. The second kappa shape index (κ2) is 5.22. The Bertz CT molecular complexity index is 525. The Kier molecular flexibility index (Phi) is 3.81. The molecule has 0 aliphatic heterocycles. The molecule has 2 bridgehead atoms. The van der Waals surface area contributed by atoms with Gasteiger partial charge in [0.1, 0.15) is 12.2 Å². The van der Waals surface area contributed by atoms with Gasteiger partial charge in [0.25, 0.3) is 0 Å². The summed E-state index contributed by atoms with van der Waals surface area (Å²) in [5, 5.41) is 0. The van der Waals surface area contributed by atoms with Crippen LogP contribution in [-0.4, -0.2) is 24.1 Å². The van der Waals surface area contributed by atoms with Gasteiger partial charge in [0.05, 0.1) is 0 Å². The minimum Gasteiger partial charge on any atom is -0.462 e. The second-order valence-corrected chi connectivity index (χ2v) is 9.08. The molecule has 3 rings (SSSR count). The van der Waals surface area contributed by atoms with Crippen molar-refractivity contribution in [2.75, 3.05) is 0 Å². The van der Waals surface area contributed by atoms with Crippen molar-refractivity contribution in [1.82, 2.24) is 0 Å². The van der Waals surface area contributed by atoms with Gasteiger partial charge in [-0.15, -0.1) is 0 Å². The van der Waals surface area contributed by atoms with Crippen LogP contribution in [0.25, 0.3) is 0 Å². The van der Waals surface area contributed by atoms with Crippen molar-refractivity contribution < 1.29 is 19.1 Å². The molecule has 130 valence electrons. The van der Waals surface area contributed by atoms with Crippen LogP contribution in [0, 0.1) is 22.2 Å². The molecule has 3 fully saturated rings. The summed E-state index contributed by atoms with van der Waals surface area (Å²) in [5.74, 6) is 0.235. The van der Waals surface area contributed by atoms with Gasteiger partial charge < -0.3 is 9.47 Å². The highest BCUT2D eigenvalue weighted by Gasteiger charge is 2.66. The SMILES string of the molecule is CC(=O)O[C@H]1CC(C)(C)[C@H]2CC[C@@]3(C)C[C@@]12CC[C@H]3OC(C)=O. The summed E-state index contributed by atoms with van der Waals surface area (Å²) in [6, 6.07) is 0. The van der Waals surface area contributed by atoms with Crippen LogP contribution in [0.2, 0.25) is 0 Å². The lowest BCUT2D eigenvalue weighted by molar-refractivity contribution is -0.186. The van der Waals surface area contributed by atoms with Crippen LogP contribution in [0.5, 0.6) is 0 Å². The number of rotatable bonds is 2. The van der Waals surface area contributed by atoms with Crippen molar-refractivity contribution in [1.29, 1.82) is 0 Å². The second-order valence-electron chi connectivity index (χ2n) is 9.08. The Hall–Kier alpha value is -1.06. The highest BCUT2D eigenvalue weighted by molar-refractivity contribution is 5.66. The number of fused-ring (bicyclic) bond motifs is 1. The van der Waals surface area contributed by atoms with E-state index in [1.54, 1.807) is 0 Å². The Morgan fingerprint density at radius 3 is 2.13 bits per heavy atom. The summed E-state index contributed by atoms with van der Waals surface area (Å²) in [5.41, 5.74) is 0.285. The minimum atomic E-state index is -0.183. The normalized spacial score (nSPS) is 44.3. The van der Waals surface area contributed by atoms with E-state index in [-0.39, 0.29) is 40.4 Å². The maximum absolute atomic E-state index is 11.6. The molecule has 0 unspecified atom stereocenters. The summed E-state index contributed by atoms with van der Waals surface area (Å²) in [7, 11) is 0. The third-order valence-corrected chi connectivity index (χ3v) is 6.99. The fourth-order valence-corrected chi connectivity index (χ4v) is 6.26. The molecule has 0 aromatic heterocycles. The van der Waals surface area contributed by atoms with Gasteiger partial charge in [-0.2, -0.15) is 0 Å². The van der Waals surface area contributed by atoms with Crippen LogP contribution in [0.15, 0.2) is 0 Å². The molecule has 5 atom stereocenters. The highest BCUT2D eigenvalue weighted by Crippen LogP contribution is 2.69. The predicted molar refractivity (Wildman–Crippen MR) is 86.6 cm³/mol. The summed E-state index contributed by atoms with van der Waals surface area (Å²) in [6.45, 7) is 9.92. The molecule has 3 aliphatic carbocycles. The van der Waals surface area contributed by atoms with Crippen LogP contribution in [0.1, 0.15) is 73.1 Å². The Morgan fingerprint density at radius 1 is 0.913 bits per heavy atom. The quantitative estimate of drug-likeness (QED) is 0.724. The maximum Gasteiger partial charge on any atom is 0.302 e. The summed E-state index contributed by atoms with van der Waals surface area (Å²) >= 11 is 0. The van der Waals surface area contributed by atoms with E-state index in [4.69, 9.17) is 9.47 Å². The zero-order chi connectivity index (χ0) is 17.0. The maximum atomic E-state index is 11.6. The van der Waals surface area contributed by atoms with Gasteiger partial charge in [0.15, 0.2) is 0 Å². The van der Waals surface area contributed by atoms with E-state index in [2.05, 4.69) is 20.8 Å². The smallest absolute Gasteiger partial charge is 0.302 e. The number of hydrogen-bond acceptors (Lipinski definition) is 4. The van der Waals surface area contributed by atoms with E-state index in [0.717, 1.165) is 38.5 Å². The first-order valence-electron chi connectivity index (χ1n) is 8.94. The predicted octanol–water partition coefficient (Wildman–Crippen LogP) is 3.87. The zero-order valence-corrected chi connectivity index (χ0v) is 15.1. The molecule has 23 heavy (non-hydrogen) atoms. The summed E-state index contributed by atoms with van der Waals surface area (Å²) in [6.07, 6.45) is 6.08. The fraction of sp³-hybridized carbons (Fsp3) is 0.895. The summed E-state index contributed by atoms with van der Waals surface area (Å²) < 4.78 is 11.5. The molecule has 3 saturated carbocycles. The number of esters is 2. The molecular formula is C19H30O4. The lowest BCUT2D eigenvalue weighted by atomic mass is 9.49. The number of carbonyl (C=O) groups excluding carboxylic acids is 2. The monoisotopic (exact) mass is 322 g/mol. The molecule has 0 amide bonds. The third-order valence-electron chi connectivity index (χ3n) is 6.99. The fourth-order valence-electron chi connectivity index (χ4n) is 6.26. The van der Waals surface area contributed by atoms with E-state index < -0.39 is 0 Å². The molecule has 3 aliphatic rings. The average Bonchev–Trinajstić information content (AvgIpc) is 2.59. The number of carbonyl (C=O) groups is 2. The minimum absolute atomic E-state index is 0.00765. The number of hydrogen-bond donors (Lipinski definition) is 0. The molecule has 0 heterocycles. The van der Waals surface area contributed by atoms with Crippen molar-refractivity contribution >= 4 is 11.9 Å². The Morgan fingerprint density at radius 2 is 1.52 bits per heavy atom. The van der Waals surface area contributed by atoms with Crippen molar-refractivity contribution in [3.05, 3.63) is 0 Å². The summed E-state index contributed by atoms with van der Waals surface area (Å²) in [4.78, 5) is 23.1. The van der Waals surface area contributed by atoms with Gasteiger partial charge in [0, 0.05) is 24.7 Å². The van der Waals surface area contributed by atoms with E-state index in [1.807, 2.05) is 0 Å². The van der Waals surface area contributed by atoms with Crippen LogP contribution in [0.4, 0.5) is 0 Å². The molecule has 4 nitrogen and oxygen atoms in total. The first kappa shape index (κ1) is 16.8. The lowest BCUT2D eigenvalue weighted by Crippen LogP contribution is -2.55. The molecule has 1 spiro atoms. The van der Waals surface area contributed by atoms with E-state index in [0.29, 0.717) is 5.92 Å². The van der Waals surface area contributed by atoms with E-state index in [1.165, 1.54) is 13.8 Å².